The first-order valence-corrected chi connectivity index (χ1v) is 12.1. The van der Waals surface area contributed by atoms with Crippen LogP contribution in [0.1, 0.15) is 46.4 Å². The first kappa shape index (κ1) is 24.2. The number of nitrogens with zero attached hydrogens (tertiary/aromatic N) is 3. The second-order valence-electron chi connectivity index (χ2n) is 8.34. The van der Waals surface area contributed by atoms with E-state index in [1.165, 1.54) is 11.3 Å². The van der Waals surface area contributed by atoms with Crippen molar-refractivity contribution in [2.24, 2.45) is 0 Å². The Hall–Kier alpha value is -3.90. The predicted octanol–water partition coefficient (Wildman–Crippen LogP) is 4.85. The summed E-state index contributed by atoms with van der Waals surface area (Å²) in [6.07, 6.45) is 3.71. The van der Waals surface area contributed by atoms with Crippen LogP contribution in [-0.2, 0) is 29.1 Å². The molecule has 1 N–H and O–H groups in total. The zero-order valence-electron chi connectivity index (χ0n) is 19.6. The van der Waals surface area contributed by atoms with E-state index in [0.717, 1.165) is 27.3 Å². The van der Waals surface area contributed by atoms with Gasteiger partial charge in [0.05, 0.1) is 19.2 Å². The van der Waals surface area contributed by atoms with Crippen LogP contribution in [0.3, 0.4) is 0 Å². The molecule has 2 aromatic heterocycles. The maximum absolute atomic E-state index is 12.8. The lowest BCUT2D eigenvalue weighted by Gasteiger charge is -2.26. The van der Waals surface area contributed by atoms with Crippen molar-refractivity contribution in [2.45, 2.75) is 38.8 Å². The smallest absolute Gasteiger partial charge is 0.410 e. The predicted molar refractivity (Wildman–Crippen MR) is 132 cm³/mol. The van der Waals surface area contributed by atoms with Crippen LogP contribution in [-0.4, -0.2) is 35.5 Å². The van der Waals surface area contributed by atoms with Gasteiger partial charge in [-0.25, -0.2) is 4.79 Å². The van der Waals surface area contributed by atoms with Gasteiger partial charge in [-0.05, 0) is 41.7 Å². The molecular weight excluding hydrogens is 464 g/mol. The average molecular weight is 491 g/mol. The SMILES string of the molecule is COc1cccc(C(C)CC(=O)Nc2sc3c(c2C#N)CCN(C(=O)OCc2cccnc2)C3)c1. The third kappa shape index (κ3) is 5.78. The summed E-state index contributed by atoms with van der Waals surface area (Å²) in [4.78, 5) is 31.9. The van der Waals surface area contributed by atoms with Crippen LogP contribution in [0.2, 0.25) is 0 Å². The number of anilines is 1. The second kappa shape index (κ2) is 11.0. The molecule has 0 radical (unpaired) electrons. The van der Waals surface area contributed by atoms with Crippen LogP contribution in [0.5, 0.6) is 5.75 Å². The second-order valence-corrected chi connectivity index (χ2v) is 9.44. The van der Waals surface area contributed by atoms with E-state index in [0.29, 0.717) is 30.1 Å². The molecule has 0 aliphatic carbocycles. The Morgan fingerprint density at radius 1 is 1.31 bits per heavy atom. The number of aromatic nitrogens is 1. The summed E-state index contributed by atoms with van der Waals surface area (Å²) in [6, 6.07) is 13.5. The zero-order valence-corrected chi connectivity index (χ0v) is 20.4. The quantitative estimate of drug-likeness (QED) is 0.508. The Morgan fingerprint density at radius 2 is 2.17 bits per heavy atom. The molecule has 0 spiro atoms. The molecule has 35 heavy (non-hydrogen) atoms. The van der Waals surface area contributed by atoms with Crippen molar-refractivity contribution in [2.75, 3.05) is 19.0 Å². The molecule has 3 aromatic rings. The van der Waals surface area contributed by atoms with Crippen LogP contribution in [0, 0.1) is 11.3 Å². The number of benzene rings is 1. The highest BCUT2D eigenvalue weighted by atomic mass is 32.1. The third-order valence-corrected chi connectivity index (χ3v) is 7.05. The van der Waals surface area contributed by atoms with Crippen molar-refractivity contribution in [3.63, 3.8) is 0 Å². The van der Waals surface area contributed by atoms with Gasteiger partial charge in [0.1, 0.15) is 23.4 Å². The molecule has 1 aliphatic heterocycles. The zero-order chi connectivity index (χ0) is 24.8. The highest BCUT2D eigenvalue weighted by Gasteiger charge is 2.28. The highest BCUT2D eigenvalue weighted by Crippen LogP contribution is 2.37. The maximum atomic E-state index is 12.8. The van der Waals surface area contributed by atoms with Crippen molar-refractivity contribution < 1.29 is 19.1 Å². The van der Waals surface area contributed by atoms with Gasteiger partial charge >= 0.3 is 6.09 Å². The molecule has 0 bridgehead atoms. The van der Waals surface area contributed by atoms with Gasteiger partial charge in [0.2, 0.25) is 5.91 Å². The van der Waals surface area contributed by atoms with Crippen molar-refractivity contribution in [3.8, 4) is 11.8 Å². The van der Waals surface area contributed by atoms with E-state index in [1.54, 1.807) is 30.5 Å². The van der Waals surface area contributed by atoms with Gasteiger partial charge in [-0.2, -0.15) is 5.26 Å². The van der Waals surface area contributed by atoms with Crippen molar-refractivity contribution in [1.29, 1.82) is 5.26 Å². The number of carbonyl (C=O) groups excluding carboxylic acids is 2. The molecular formula is C26H26N4O4S. The van der Waals surface area contributed by atoms with Gasteiger partial charge in [-0.1, -0.05) is 25.1 Å². The third-order valence-electron chi connectivity index (χ3n) is 5.92. The molecule has 4 rings (SSSR count). The molecule has 0 saturated carbocycles. The lowest BCUT2D eigenvalue weighted by atomic mass is 9.97. The monoisotopic (exact) mass is 490 g/mol. The Kier molecular flexibility index (Phi) is 7.63. The van der Waals surface area contributed by atoms with Gasteiger partial charge in [-0.3, -0.25) is 9.78 Å². The molecule has 0 fully saturated rings. The molecule has 1 aromatic carbocycles. The Labute approximate surface area is 208 Å². The number of nitriles is 1. The first-order valence-electron chi connectivity index (χ1n) is 11.3. The summed E-state index contributed by atoms with van der Waals surface area (Å²) in [5.41, 5.74) is 3.20. The van der Waals surface area contributed by atoms with Crippen LogP contribution < -0.4 is 10.1 Å². The maximum Gasteiger partial charge on any atom is 0.410 e. The standard InChI is InChI=1S/C26H26N4O4S/c1-17(19-6-3-7-20(12-19)33-2)11-24(31)29-25-22(13-27)21-8-10-30(15-23(21)35-25)26(32)34-16-18-5-4-9-28-14-18/h3-7,9,12,14,17H,8,10-11,15-16H2,1-2H3,(H,29,31). The normalized spacial score (nSPS) is 13.3. The fraction of sp³-hybridized carbons (Fsp3) is 0.308. The molecule has 0 saturated heterocycles. The molecule has 1 unspecified atom stereocenters. The number of amides is 2. The van der Waals surface area contributed by atoms with Crippen molar-refractivity contribution >= 4 is 28.3 Å². The number of rotatable bonds is 7. The van der Waals surface area contributed by atoms with Gasteiger partial charge in [0.25, 0.3) is 0 Å². The lowest BCUT2D eigenvalue weighted by Crippen LogP contribution is -2.35. The van der Waals surface area contributed by atoms with Gasteiger partial charge in [0.15, 0.2) is 0 Å². The summed E-state index contributed by atoms with van der Waals surface area (Å²) in [7, 11) is 1.61. The van der Waals surface area contributed by atoms with Crippen LogP contribution in [0.25, 0.3) is 0 Å². The molecule has 180 valence electrons. The molecule has 1 aliphatic rings. The Morgan fingerprint density at radius 3 is 2.91 bits per heavy atom. The van der Waals surface area contributed by atoms with Gasteiger partial charge in [-0.15, -0.1) is 11.3 Å². The summed E-state index contributed by atoms with van der Waals surface area (Å²) in [5, 5.41) is 13.2. The molecule has 9 heteroatoms. The molecule has 3 heterocycles. The average Bonchev–Trinajstić information content (AvgIpc) is 3.23. The summed E-state index contributed by atoms with van der Waals surface area (Å²) in [6.45, 7) is 2.92. The van der Waals surface area contributed by atoms with E-state index in [4.69, 9.17) is 9.47 Å². The molecule has 2 amide bonds. The van der Waals surface area contributed by atoms with Crippen LogP contribution in [0.15, 0.2) is 48.8 Å². The summed E-state index contributed by atoms with van der Waals surface area (Å²) >= 11 is 1.35. The molecule has 1 atom stereocenters. The fourth-order valence-electron chi connectivity index (χ4n) is 4.01. The number of carbonyl (C=O) groups is 2. The summed E-state index contributed by atoms with van der Waals surface area (Å²) < 4.78 is 10.7. The number of fused-ring (bicyclic) bond motifs is 1. The number of hydrogen-bond acceptors (Lipinski definition) is 7. The van der Waals surface area contributed by atoms with E-state index in [-0.39, 0.29) is 24.9 Å². The molecule has 8 nitrogen and oxygen atoms in total. The van der Waals surface area contributed by atoms with Crippen molar-refractivity contribution in [3.05, 3.63) is 75.9 Å². The highest BCUT2D eigenvalue weighted by molar-refractivity contribution is 7.16. The van der Waals surface area contributed by atoms with E-state index < -0.39 is 6.09 Å². The lowest BCUT2D eigenvalue weighted by molar-refractivity contribution is -0.116. The number of pyridine rings is 1. The van der Waals surface area contributed by atoms with Gasteiger partial charge in [0, 0.05) is 35.8 Å². The van der Waals surface area contributed by atoms with E-state index in [1.807, 2.05) is 37.3 Å². The number of methoxy groups -OCH3 is 1. The Bertz CT molecular complexity index is 1250. The largest absolute Gasteiger partial charge is 0.497 e. The van der Waals surface area contributed by atoms with E-state index in [9.17, 15) is 14.9 Å². The first-order chi connectivity index (χ1) is 17.0. The minimum Gasteiger partial charge on any atom is -0.497 e. The number of thiophene rings is 1. The Balaban J connectivity index is 1.39. The van der Waals surface area contributed by atoms with Crippen molar-refractivity contribution in [1.82, 2.24) is 9.88 Å². The van der Waals surface area contributed by atoms with E-state index >= 15 is 0 Å². The van der Waals surface area contributed by atoms with Crippen LogP contribution in [0.4, 0.5) is 9.80 Å². The number of ether oxygens (including phenoxy) is 2. The van der Waals surface area contributed by atoms with E-state index in [2.05, 4.69) is 16.4 Å². The fourth-order valence-corrected chi connectivity index (χ4v) is 5.24. The van der Waals surface area contributed by atoms with Gasteiger partial charge < -0.3 is 19.7 Å². The topological polar surface area (TPSA) is 105 Å². The minimum absolute atomic E-state index is 0.0182. The number of hydrogen-bond donors (Lipinski definition) is 1. The minimum atomic E-state index is -0.413. The summed E-state index contributed by atoms with van der Waals surface area (Å²) in [5.74, 6) is 0.564. The van der Waals surface area contributed by atoms with Crippen LogP contribution >= 0.6 is 11.3 Å². The number of nitrogens with one attached hydrogen (secondary N) is 1.